The number of phosphoric ester groups is 1. The first-order chi connectivity index (χ1) is 33.4. The van der Waals surface area contributed by atoms with Gasteiger partial charge >= 0.3 is 5.97 Å². The van der Waals surface area contributed by atoms with Gasteiger partial charge in [0.25, 0.3) is 7.82 Å². The van der Waals surface area contributed by atoms with E-state index in [1.54, 1.807) is 0 Å². The van der Waals surface area contributed by atoms with Gasteiger partial charge in [-0.05, 0) is 76.7 Å². The van der Waals surface area contributed by atoms with Crippen molar-refractivity contribution in [3.8, 4) is 0 Å². The van der Waals surface area contributed by atoms with E-state index in [4.69, 9.17) is 13.8 Å². The molecule has 1 amide bonds. The number of likely N-dealkylation sites (N-methyl/N-ethyl adjacent to an activating group) is 1. The largest absolute Gasteiger partial charge is 0.756 e. The zero-order valence-electron chi connectivity index (χ0n) is 45.8. The molecule has 1 N–H and O–H groups in total. The Bertz CT molecular complexity index is 1370. The summed E-state index contributed by atoms with van der Waals surface area (Å²) < 4.78 is 30.2. The van der Waals surface area contributed by atoms with Crippen LogP contribution in [0.1, 0.15) is 252 Å². The number of quaternary nitrogens is 1. The number of carbonyl (C=O) groups is 2. The van der Waals surface area contributed by atoms with Gasteiger partial charge in [-0.2, -0.15) is 0 Å². The van der Waals surface area contributed by atoms with E-state index >= 15 is 0 Å². The summed E-state index contributed by atoms with van der Waals surface area (Å²) in [5.74, 6) is -0.567. The molecule has 9 nitrogen and oxygen atoms in total. The average Bonchev–Trinajstić information content (AvgIpc) is 3.31. The van der Waals surface area contributed by atoms with Crippen molar-refractivity contribution in [2.24, 2.45) is 0 Å². The first kappa shape index (κ1) is 66.7. The van der Waals surface area contributed by atoms with E-state index in [1.807, 2.05) is 39.4 Å². The molecule has 10 heteroatoms. The van der Waals surface area contributed by atoms with E-state index < -0.39 is 26.6 Å². The van der Waals surface area contributed by atoms with Gasteiger partial charge in [0.1, 0.15) is 19.3 Å². The number of amides is 1. The van der Waals surface area contributed by atoms with Crippen molar-refractivity contribution in [3.05, 3.63) is 60.8 Å². The molecule has 0 bridgehead atoms. The van der Waals surface area contributed by atoms with Crippen LogP contribution in [0.15, 0.2) is 60.8 Å². The zero-order chi connectivity index (χ0) is 50.8. The molecule has 0 heterocycles. The van der Waals surface area contributed by atoms with E-state index in [0.717, 1.165) is 83.5 Å². The highest BCUT2D eigenvalue weighted by molar-refractivity contribution is 7.45. The summed E-state index contributed by atoms with van der Waals surface area (Å²) >= 11 is 0. The fraction of sp³-hybridized carbons (Fsp3) is 0.797. The van der Waals surface area contributed by atoms with Crippen molar-refractivity contribution >= 4 is 19.7 Å². The van der Waals surface area contributed by atoms with Gasteiger partial charge in [0, 0.05) is 12.8 Å². The summed E-state index contributed by atoms with van der Waals surface area (Å²) in [6, 6.07) is -0.897. The normalized spacial score (nSPS) is 14.2. The summed E-state index contributed by atoms with van der Waals surface area (Å²) in [6.45, 7) is 6.68. The average molecular weight is 990 g/mol. The number of carbonyl (C=O) groups excluding carboxylic acids is 2. The van der Waals surface area contributed by atoms with Gasteiger partial charge in [0.2, 0.25) is 5.91 Å². The summed E-state index contributed by atoms with van der Waals surface area (Å²) in [5, 5.41) is 3.01. The standard InChI is InChI=1S/C59H109N2O7P/c1-7-10-13-16-19-22-25-27-28-29-30-31-32-34-36-39-42-45-48-51-58(62)60-56(55-67-69(64,65)66-54-53-61(4,5)6)57(50-47-44-41-38-35-24-21-18-15-12-9-3)68-59(63)52-49-46-43-40-37-33-26-23-20-17-14-11-8-2/h11,14,17,20,23,26-28,47,50,56-57H,7-10,12-13,15-16,18-19,21-22,24-25,29-46,48-49,51-55H2,1-6H3,(H-,60,62,64,65)/b14-11+,20-17+,26-23-,28-27+,50-47-. The highest BCUT2D eigenvalue weighted by Crippen LogP contribution is 2.38. The van der Waals surface area contributed by atoms with Gasteiger partial charge in [0.15, 0.2) is 0 Å². The Morgan fingerprint density at radius 2 is 0.942 bits per heavy atom. The molecule has 0 aromatic heterocycles. The molecule has 0 aromatic carbocycles. The first-order valence-corrected chi connectivity index (χ1v) is 30.1. The molecule has 0 fully saturated rings. The molecule has 0 spiro atoms. The Balaban J connectivity index is 5.29. The van der Waals surface area contributed by atoms with Crippen LogP contribution < -0.4 is 10.2 Å². The molecule has 0 saturated carbocycles. The fourth-order valence-corrected chi connectivity index (χ4v) is 8.77. The second-order valence-corrected chi connectivity index (χ2v) is 21.9. The summed E-state index contributed by atoms with van der Waals surface area (Å²) in [7, 11) is 1.17. The van der Waals surface area contributed by atoms with Crippen molar-refractivity contribution in [2.45, 2.75) is 264 Å². The van der Waals surface area contributed by atoms with Crippen molar-refractivity contribution in [2.75, 3.05) is 40.9 Å². The van der Waals surface area contributed by atoms with Gasteiger partial charge in [-0.15, -0.1) is 0 Å². The molecule has 3 atom stereocenters. The summed E-state index contributed by atoms with van der Waals surface area (Å²) in [6.07, 6.45) is 60.4. The molecular formula is C59H109N2O7P. The summed E-state index contributed by atoms with van der Waals surface area (Å²) in [5.41, 5.74) is 0. The highest BCUT2D eigenvalue weighted by atomic mass is 31.2. The maximum absolute atomic E-state index is 13.5. The minimum atomic E-state index is -4.70. The van der Waals surface area contributed by atoms with Crippen LogP contribution in [-0.4, -0.2) is 69.4 Å². The first-order valence-electron chi connectivity index (χ1n) is 28.6. The van der Waals surface area contributed by atoms with Crippen LogP contribution in [0.3, 0.4) is 0 Å². The fourth-order valence-electron chi connectivity index (χ4n) is 8.05. The highest BCUT2D eigenvalue weighted by Gasteiger charge is 2.27. The molecule has 402 valence electrons. The molecule has 0 aromatic rings. The predicted molar refractivity (Wildman–Crippen MR) is 293 cm³/mol. The number of hydrogen-bond donors (Lipinski definition) is 1. The van der Waals surface area contributed by atoms with Crippen LogP contribution in [0, 0.1) is 0 Å². The second kappa shape index (κ2) is 49.3. The van der Waals surface area contributed by atoms with E-state index in [2.05, 4.69) is 68.6 Å². The van der Waals surface area contributed by atoms with Crippen molar-refractivity contribution in [1.82, 2.24) is 5.32 Å². The smallest absolute Gasteiger partial charge is 0.306 e. The second-order valence-electron chi connectivity index (χ2n) is 20.5. The third-order valence-corrected chi connectivity index (χ3v) is 13.5. The Morgan fingerprint density at radius 3 is 1.42 bits per heavy atom. The Labute approximate surface area is 426 Å². The van der Waals surface area contributed by atoms with Crippen molar-refractivity contribution < 1.29 is 37.3 Å². The van der Waals surface area contributed by atoms with E-state index in [0.29, 0.717) is 23.9 Å². The molecule has 0 radical (unpaired) electrons. The number of unbranched alkanes of at least 4 members (excludes halogenated alkanes) is 29. The SMILES string of the molecule is CC/C=C/C=C/C=C\CCCCCCCC(=O)OC(/C=C\CCCCCCCCCCC)C(COP(=O)([O-])OCC[N+](C)(C)C)NC(=O)CCCCCCCCCCC/C=C/CCCCCCCC. The number of esters is 1. The molecule has 0 aliphatic heterocycles. The molecule has 0 aliphatic carbocycles. The monoisotopic (exact) mass is 989 g/mol. The zero-order valence-corrected chi connectivity index (χ0v) is 46.7. The minimum absolute atomic E-state index is 0.0274. The minimum Gasteiger partial charge on any atom is -0.756 e. The van der Waals surface area contributed by atoms with E-state index in [9.17, 15) is 19.0 Å². The van der Waals surface area contributed by atoms with Crippen LogP contribution >= 0.6 is 7.82 Å². The number of allylic oxidation sites excluding steroid dienone is 9. The Hall–Kier alpha value is -2.29. The van der Waals surface area contributed by atoms with Crippen LogP contribution in [0.25, 0.3) is 0 Å². The number of phosphoric acid groups is 1. The number of hydrogen-bond acceptors (Lipinski definition) is 7. The number of ether oxygens (including phenoxy) is 1. The lowest BCUT2D eigenvalue weighted by Crippen LogP contribution is -2.47. The molecular weight excluding hydrogens is 880 g/mol. The van der Waals surface area contributed by atoms with Crippen molar-refractivity contribution in [3.63, 3.8) is 0 Å². The predicted octanol–water partition coefficient (Wildman–Crippen LogP) is 16.5. The van der Waals surface area contributed by atoms with Gasteiger partial charge in [0.05, 0.1) is 33.8 Å². The van der Waals surface area contributed by atoms with Crippen LogP contribution in [-0.2, 0) is 27.9 Å². The molecule has 69 heavy (non-hydrogen) atoms. The Kier molecular flexibility index (Phi) is 47.7. The van der Waals surface area contributed by atoms with E-state index in [1.165, 1.54) is 128 Å². The quantitative estimate of drug-likeness (QED) is 0.0161. The maximum Gasteiger partial charge on any atom is 0.306 e. The van der Waals surface area contributed by atoms with Gasteiger partial charge in [-0.3, -0.25) is 14.2 Å². The lowest BCUT2D eigenvalue weighted by atomic mass is 10.0. The molecule has 3 unspecified atom stereocenters. The van der Waals surface area contributed by atoms with Gasteiger partial charge in [-0.1, -0.05) is 223 Å². The number of rotatable bonds is 51. The molecule has 0 saturated heterocycles. The number of nitrogens with one attached hydrogen (secondary N) is 1. The Morgan fingerprint density at radius 1 is 0.522 bits per heavy atom. The molecule has 0 aliphatic rings. The lowest BCUT2D eigenvalue weighted by Gasteiger charge is -2.30. The maximum atomic E-state index is 13.5. The van der Waals surface area contributed by atoms with Crippen LogP contribution in [0.2, 0.25) is 0 Å². The van der Waals surface area contributed by atoms with Gasteiger partial charge in [-0.25, -0.2) is 0 Å². The van der Waals surface area contributed by atoms with Crippen molar-refractivity contribution in [1.29, 1.82) is 0 Å². The molecule has 0 rings (SSSR count). The third-order valence-electron chi connectivity index (χ3n) is 12.5. The topological polar surface area (TPSA) is 114 Å². The van der Waals surface area contributed by atoms with Crippen LogP contribution in [0.4, 0.5) is 0 Å². The summed E-state index contributed by atoms with van der Waals surface area (Å²) in [4.78, 5) is 39.8. The third kappa shape index (κ3) is 50.4. The van der Waals surface area contributed by atoms with Gasteiger partial charge < -0.3 is 28.5 Å². The lowest BCUT2D eigenvalue weighted by molar-refractivity contribution is -0.870. The number of nitrogens with zero attached hydrogens (tertiary/aromatic N) is 1. The van der Waals surface area contributed by atoms with E-state index in [-0.39, 0.29) is 24.9 Å². The van der Waals surface area contributed by atoms with Crippen LogP contribution in [0.5, 0.6) is 0 Å².